The third kappa shape index (κ3) is 2.87. The van der Waals surface area contributed by atoms with Gasteiger partial charge in [-0.15, -0.1) is 0 Å². The van der Waals surface area contributed by atoms with Crippen molar-refractivity contribution in [3.63, 3.8) is 0 Å². The van der Waals surface area contributed by atoms with Crippen LogP contribution in [0, 0.1) is 20.8 Å². The molecule has 6 nitrogen and oxygen atoms in total. The van der Waals surface area contributed by atoms with Crippen molar-refractivity contribution in [2.45, 2.75) is 27.7 Å². The van der Waals surface area contributed by atoms with Gasteiger partial charge in [-0.05, 0) is 56.5 Å². The van der Waals surface area contributed by atoms with Gasteiger partial charge in [0, 0.05) is 5.56 Å². The van der Waals surface area contributed by atoms with Gasteiger partial charge in [0.1, 0.15) is 5.75 Å². The van der Waals surface area contributed by atoms with Gasteiger partial charge in [0.15, 0.2) is 0 Å². The van der Waals surface area contributed by atoms with E-state index in [1.807, 2.05) is 32.9 Å². The van der Waals surface area contributed by atoms with Crippen LogP contribution in [0.5, 0.6) is 5.75 Å². The van der Waals surface area contributed by atoms with E-state index in [0.717, 1.165) is 28.0 Å². The number of esters is 1. The third-order valence-corrected chi connectivity index (χ3v) is 4.26. The Bertz CT molecular complexity index is 1000. The zero-order chi connectivity index (χ0) is 19.0. The van der Waals surface area contributed by atoms with E-state index in [9.17, 15) is 4.79 Å². The topological polar surface area (TPSA) is 87.6 Å². The van der Waals surface area contributed by atoms with Gasteiger partial charge in [0.2, 0.25) is 11.5 Å². The lowest BCUT2D eigenvalue weighted by atomic mass is 10.0. The highest BCUT2D eigenvalue weighted by Gasteiger charge is 2.23. The Balaban J connectivity index is 2.23. The summed E-state index contributed by atoms with van der Waals surface area (Å²) in [5.41, 5.74) is 11.2. The Morgan fingerprint density at radius 3 is 2.58 bits per heavy atom. The summed E-state index contributed by atoms with van der Waals surface area (Å²) in [5.74, 6) is 0.155. The maximum Gasteiger partial charge on any atom is 0.376 e. The molecule has 26 heavy (non-hydrogen) atoms. The molecule has 6 heteroatoms. The highest BCUT2D eigenvalue weighted by molar-refractivity contribution is 6.04. The number of benzene rings is 1. The number of rotatable bonds is 4. The van der Waals surface area contributed by atoms with Gasteiger partial charge in [-0.2, -0.15) is 0 Å². The van der Waals surface area contributed by atoms with Crippen LogP contribution < -0.4 is 10.5 Å². The molecule has 0 unspecified atom stereocenters. The SMILES string of the molecule is CCOC(=O)c1oc2nc(-c3cc(C)cc(C)c3OC)cc(C)c2c1N. The molecule has 0 aliphatic heterocycles. The number of nitrogens with zero attached hydrogens (tertiary/aromatic N) is 1. The van der Waals surface area contributed by atoms with Crippen molar-refractivity contribution in [2.75, 3.05) is 19.5 Å². The smallest absolute Gasteiger partial charge is 0.376 e. The molecule has 0 saturated heterocycles. The van der Waals surface area contributed by atoms with Crippen molar-refractivity contribution in [1.82, 2.24) is 4.98 Å². The summed E-state index contributed by atoms with van der Waals surface area (Å²) >= 11 is 0. The van der Waals surface area contributed by atoms with Gasteiger partial charge in [-0.25, -0.2) is 9.78 Å². The number of aromatic nitrogens is 1. The Kier molecular flexibility index (Phi) is 4.59. The Hall–Kier alpha value is -3.02. The summed E-state index contributed by atoms with van der Waals surface area (Å²) in [5, 5.41) is 0.625. The molecule has 2 N–H and O–H groups in total. The van der Waals surface area contributed by atoms with Crippen LogP contribution in [0.2, 0.25) is 0 Å². The monoisotopic (exact) mass is 354 g/mol. The number of nitrogens with two attached hydrogens (primary N) is 1. The van der Waals surface area contributed by atoms with E-state index in [-0.39, 0.29) is 18.1 Å². The molecule has 0 bridgehead atoms. The van der Waals surface area contributed by atoms with Gasteiger partial charge in [0.05, 0.1) is 30.5 Å². The molecule has 0 fully saturated rings. The van der Waals surface area contributed by atoms with Gasteiger partial charge < -0.3 is 19.6 Å². The second kappa shape index (κ2) is 6.71. The van der Waals surface area contributed by atoms with Crippen LogP contribution in [-0.4, -0.2) is 24.7 Å². The molecule has 2 heterocycles. The predicted molar refractivity (Wildman–Crippen MR) is 101 cm³/mol. The van der Waals surface area contributed by atoms with E-state index in [1.165, 1.54) is 0 Å². The molecule has 0 spiro atoms. The third-order valence-electron chi connectivity index (χ3n) is 4.26. The minimum absolute atomic E-state index is 0.0120. The van der Waals surface area contributed by atoms with Crippen molar-refractivity contribution in [2.24, 2.45) is 0 Å². The lowest BCUT2D eigenvalue weighted by Crippen LogP contribution is -2.05. The number of anilines is 1. The van der Waals surface area contributed by atoms with Gasteiger partial charge in [-0.3, -0.25) is 0 Å². The number of hydrogen-bond acceptors (Lipinski definition) is 6. The van der Waals surface area contributed by atoms with Crippen LogP contribution in [0.3, 0.4) is 0 Å². The number of hydrogen-bond donors (Lipinski definition) is 1. The van der Waals surface area contributed by atoms with Crippen molar-refractivity contribution in [3.8, 4) is 17.0 Å². The van der Waals surface area contributed by atoms with Crippen LogP contribution >= 0.6 is 0 Å². The molecule has 2 aromatic heterocycles. The Labute approximate surface area is 151 Å². The zero-order valence-electron chi connectivity index (χ0n) is 15.6. The van der Waals surface area contributed by atoms with E-state index < -0.39 is 5.97 Å². The first-order valence-electron chi connectivity index (χ1n) is 8.39. The molecule has 1 aromatic carbocycles. The normalized spacial score (nSPS) is 11.0. The van der Waals surface area contributed by atoms with E-state index in [4.69, 9.17) is 19.6 Å². The van der Waals surface area contributed by atoms with Crippen LogP contribution in [-0.2, 0) is 4.74 Å². The molecule has 0 saturated carbocycles. The number of furan rings is 1. The number of fused-ring (bicyclic) bond motifs is 1. The summed E-state index contributed by atoms with van der Waals surface area (Å²) in [6, 6.07) is 5.98. The number of carbonyl (C=O) groups is 1. The summed E-state index contributed by atoms with van der Waals surface area (Å²) in [7, 11) is 1.64. The van der Waals surface area contributed by atoms with Gasteiger partial charge in [-0.1, -0.05) is 6.07 Å². The number of nitrogen functional groups attached to an aromatic ring is 1. The number of ether oxygens (including phenoxy) is 2. The average molecular weight is 354 g/mol. The molecule has 0 amide bonds. The molecule has 0 radical (unpaired) electrons. The fourth-order valence-corrected chi connectivity index (χ4v) is 3.21. The van der Waals surface area contributed by atoms with Crippen LogP contribution in [0.15, 0.2) is 22.6 Å². The summed E-state index contributed by atoms with van der Waals surface area (Å²) in [4.78, 5) is 16.6. The van der Waals surface area contributed by atoms with E-state index in [1.54, 1.807) is 14.0 Å². The molecular formula is C20H22N2O4. The quantitative estimate of drug-likeness (QED) is 0.707. The van der Waals surface area contributed by atoms with Gasteiger partial charge >= 0.3 is 5.97 Å². The second-order valence-corrected chi connectivity index (χ2v) is 6.23. The summed E-state index contributed by atoms with van der Waals surface area (Å²) in [6.07, 6.45) is 0. The second-order valence-electron chi connectivity index (χ2n) is 6.23. The van der Waals surface area contributed by atoms with E-state index in [0.29, 0.717) is 16.8 Å². The highest BCUT2D eigenvalue weighted by Crippen LogP contribution is 2.37. The lowest BCUT2D eigenvalue weighted by Gasteiger charge is -2.13. The molecule has 3 rings (SSSR count). The molecular weight excluding hydrogens is 332 g/mol. The number of methoxy groups -OCH3 is 1. The Morgan fingerprint density at radius 1 is 1.19 bits per heavy atom. The number of aryl methyl sites for hydroxylation is 3. The van der Waals surface area contributed by atoms with Crippen LogP contribution in [0.4, 0.5) is 5.69 Å². The first kappa shape index (κ1) is 17.8. The van der Waals surface area contributed by atoms with Crippen molar-refractivity contribution < 1.29 is 18.7 Å². The average Bonchev–Trinajstić information content (AvgIpc) is 2.91. The summed E-state index contributed by atoms with van der Waals surface area (Å²) in [6.45, 7) is 7.89. The van der Waals surface area contributed by atoms with Crippen LogP contribution in [0.25, 0.3) is 22.4 Å². The predicted octanol–water partition coefficient (Wildman–Crippen LogP) is 4.19. The minimum Gasteiger partial charge on any atom is -0.496 e. The molecule has 0 atom stereocenters. The first-order chi connectivity index (χ1) is 12.4. The standard InChI is InChI=1S/C20H22N2O4/c1-6-25-20(23)18-16(21)15-11(3)9-14(22-19(15)26-18)13-8-10(2)7-12(4)17(13)24-5/h7-9H,6,21H2,1-5H3. The maximum atomic E-state index is 12.0. The van der Waals surface area contributed by atoms with Crippen molar-refractivity contribution in [1.29, 1.82) is 0 Å². The van der Waals surface area contributed by atoms with Crippen molar-refractivity contribution in [3.05, 3.63) is 40.6 Å². The molecule has 0 aliphatic carbocycles. The maximum absolute atomic E-state index is 12.0. The highest BCUT2D eigenvalue weighted by atomic mass is 16.5. The molecule has 136 valence electrons. The zero-order valence-corrected chi connectivity index (χ0v) is 15.6. The van der Waals surface area contributed by atoms with Crippen molar-refractivity contribution >= 4 is 22.8 Å². The van der Waals surface area contributed by atoms with Gasteiger partial charge in [0.25, 0.3) is 0 Å². The fraction of sp³-hybridized carbons (Fsp3) is 0.300. The fourth-order valence-electron chi connectivity index (χ4n) is 3.21. The molecule has 0 aliphatic rings. The largest absolute Gasteiger partial charge is 0.496 e. The minimum atomic E-state index is -0.590. The molecule has 3 aromatic rings. The first-order valence-corrected chi connectivity index (χ1v) is 8.39. The Morgan fingerprint density at radius 2 is 1.92 bits per heavy atom. The summed E-state index contributed by atoms with van der Waals surface area (Å²) < 4.78 is 16.2. The van der Waals surface area contributed by atoms with E-state index >= 15 is 0 Å². The number of carbonyl (C=O) groups excluding carboxylic acids is 1. The van der Waals surface area contributed by atoms with E-state index in [2.05, 4.69) is 11.1 Å². The lowest BCUT2D eigenvalue weighted by molar-refractivity contribution is 0.0494. The number of pyridine rings is 1. The van der Waals surface area contributed by atoms with Crippen LogP contribution in [0.1, 0.15) is 34.2 Å².